The molecule has 11 heteroatoms. The fourth-order valence-corrected chi connectivity index (χ4v) is 7.31. The van der Waals surface area contributed by atoms with Crippen LogP contribution in [0.15, 0.2) is 23.1 Å². The summed E-state index contributed by atoms with van der Waals surface area (Å²) in [5.74, 6) is -0.153. The summed E-state index contributed by atoms with van der Waals surface area (Å²) < 4.78 is 43.5. The third-order valence-electron chi connectivity index (χ3n) is 6.38. The van der Waals surface area contributed by atoms with E-state index < -0.39 is 16.0 Å². The zero-order chi connectivity index (χ0) is 25.7. The van der Waals surface area contributed by atoms with E-state index in [0.29, 0.717) is 48.2 Å². The summed E-state index contributed by atoms with van der Waals surface area (Å²) in [6.45, 7) is 3.36. The third kappa shape index (κ3) is 5.74. The Hall–Kier alpha value is -2.47. The largest absolute Gasteiger partial charge is 0.496 e. The van der Waals surface area contributed by atoms with Crippen molar-refractivity contribution in [2.24, 2.45) is 0 Å². The number of rotatable bonds is 9. The zero-order valence-corrected chi connectivity index (χ0v) is 22.3. The molecule has 1 fully saturated rings. The van der Waals surface area contributed by atoms with Gasteiger partial charge in [0, 0.05) is 24.4 Å². The second-order valence-electron chi connectivity index (χ2n) is 8.67. The van der Waals surface area contributed by atoms with Crippen LogP contribution in [0.2, 0.25) is 0 Å². The molecule has 1 saturated heterocycles. The molecule has 0 radical (unpaired) electrons. The standard InChI is InChI=1S/C25H32N2O7S2/c1-3-34-25(29)23-19-6-4-5-7-21(19)35-24(23)26-22(28)11-8-17-16-18(9-10-20(17)32-2)36(30,31)27-12-14-33-15-13-27/h9-10,16H,3-8,11-15H2,1-2H3,(H,26,28). The van der Waals surface area contributed by atoms with Gasteiger partial charge in [0.2, 0.25) is 15.9 Å². The lowest BCUT2D eigenvalue weighted by molar-refractivity contribution is -0.116. The summed E-state index contributed by atoms with van der Waals surface area (Å²) in [7, 11) is -2.16. The Kier molecular flexibility index (Phi) is 8.66. The monoisotopic (exact) mass is 536 g/mol. The van der Waals surface area contributed by atoms with Crippen LogP contribution in [0.5, 0.6) is 5.75 Å². The maximum Gasteiger partial charge on any atom is 0.341 e. The number of carbonyl (C=O) groups excluding carboxylic acids is 2. The van der Waals surface area contributed by atoms with Gasteiger partial charge >= 0.3 is 5.97 Å². The lowest BCUT2D eigenvalue weighted by Gasteiger charge is -2.26. The number of morpholine rings is 1. The van der Waals surface area contributed by atoms with Crippen molar-refractivity contribution < 1.29 is 32.2 Å². The van der Waals surface area contributed by atoms with Crippen LogP contribution in [0.3, 0.4) is 0 Å². The molecule has 0 bridgehead atoms. The predicted octanol–water partition coefficient (Wildman–Crippen LogP) is 3.40. The Morgan fingerprint density at radius 3 is 2.64 bits per heavy atom. The molecular formula is C25H32N2O7S2. The number of nitrogens with zero attached hydrogens (tertiary/aromatic N) is 1. The first-order valence-electron chi connectivity index (χ1n) is 12.2. The highest BCUT2D eigenvalue weighted by atomic mass is 32.2. The van der Waals surface area contributed by atoms with Crippen molar-refractivity contribution in [3.63, 3.8) is 0 Å². The molecule has 2 aliphatic rings. The van der Waals surface area contributed by atoms with Crippen LogP contribution >= 0.6 is 11.3 Å². The molecule has 196 valence electrons. The fourth-order valence-electron chi connectivity index (χ4n) is 4.56. The molecule has 36 heavy (non-hydrogen) atoms. The average molecular weight is 537 g/mol. The molecule has 1 aliphatic carbocycles. The van der Waals surface area contributed by atoms with Crippen LogP contribution in [0, 0.1) is 0 Å². The highest BCUT2D eigenvalue weighted by Gasteiger charge is 2.29. The normalized spacial score (nSPS) is 16.3. The van der Waals surface area contributed by atoms with Crippen molar-refractivity contribution >= 4 is 38.2 Å². The highest BCUT2D eigenvalue weighted by molar-refractivity contribution is 7.89. The number of thiophene rings is 1. The molecule has 9 nitrogen and oxygen atoms in total. The van der Waals surface area contributed by atoms with Crippen LogP contribution in [0.1, 0.15) is 52.5 Å². The maximum absolute atomic E-state index is 13.1. The lowest BCUT2D eigenvalue weighted by Crippen LogP contribution is -2.40. The minimum Gasteiger partial charge on any atom is -0.496 e. The number of aryl methyl sites for hydroxylation is 2. The van der Waals surface area contributed by atoms with Crippen LogP contribution in [0.4, 0.5) is 5.00 Å². The number of ether oxygens (including phenoxy) is 3. The van der Waals surface area contributed by atoms with Crippen LogP contribution in [-0.4, -0.2) is 64.6 Å². The van der Waals surface area contributed by atoms with E-state index in [4.69, 9.17) is 14.2 Å². The summed E-state index contributed by atoms with van der Waals surface area (Å²) in [6, 6.07) is 4.71. The molecule has 0 spiro atoms. The second kappa shape index (κ2) is 11.7. The van der Waals surface area contributed by atoms with E-state index in [0.717, 1.165) is 36.1 Å². The molecule has 0 unspecified atom stereocenters. The van der Waals surface area contributed by atoms with E-state index in [1.165, 1.54) is 28.8 Å². The Balaban J connectivity index is 1.50. The van der Waals surface area contributed by atoms with Crippen LogP contribution < -0.4 is 10.1 Å². The molecule has 1 N–H and O–H groups in total. The molecule has 1 aliphatic heterocycles. The van der Waals surface area contributed by atoms with E-state index in [9.17, 15) is 18.0 Å². The van der Waals surface area contributed by atoms with Crippen molar-refractivity contribution in [1.82, 2.24) is 4.31 Å². The second-order valence-corrected chi connectivity index (χ2v) is 11.7. The fraction of sp³-hybridized carbons (Fsp3) is 0.520. The summed E-state index contributed by atoms with van der Waals surface area (Å²) in [6.07, 6.45) is 4.14. The Morgan fingerprint density at radius 1 is 1.17 bits per heavy atom. The van der Waals surface area contributed by atoms with Crippen molar-refractivity contribution in [2.75, 3.05) is 45.3 Å². The molecule has 2 aromatic rings. The van der Waals surface area contributed by atoms with E-state index in [2.05, 4.69) is 5.32 Å². The van der Waals surface area contributed by atoms with Gasteiger partial charge < -0.3 is 19.5 Å². The number of carbonyl (C=O) groups is 2. The van der Waals surface area contributed by atoms with Gasteiger partial charge in [0.05, 0.1) is 37.4 Å². The van der Waals surface area contributed by atoms with Gasteiger partial charge in [-0.05, 0) is 68.4 Å². The summed E-state index contributed by atoms with van der Waals surface area (Å²) in [5, 5.41) is 3.44. The number of sulfonamides is 1. The molecule has 4 rings (SSSR count). The van der Waals surface area contributed by atoms with Crippen molar-refractivity contribution in [2.45, 2.75) is 50.3 Å². The predicted molar refractivity (Wildman–Crippen MR) is 136 cm³/mol. The van der Waals surface area contributed by atoms with Gasteiger partial charge in [-0.3, -0.25) is 4.79 Å². The number of hydrogen-bond acceptors (Lipinski definition) is 8. The first-order chi connectivity index (χ1) is 17.3. The number of fused-ring (bicyclic) bond motifs is 1. The Morgan fingerprint density at radius 2 is 1.92 bits per heavy atom. The van der Waals surface area contributed by atoms with Gasteiger partial charge in [-0.2, -0.15) is 4.31 Å². The van der Waals surface area contributed by atoms with Gasteiger partial charge in [0.15, 0.2) is 0 Å². The van der Waals surface area contributed by atoms with Crippen molar-refractivity contribution in [1.29, 1.82) is 0 Å². The van der Waals surface area contributed by atoms with Gasteiger partial charge in [-0.1, -0.05) is 0 Å². The van der Waals surface area contributed by atoms with Gasteiger partial charge in [-0.15, -0.1) is 11.3 Å². The zero-order valence-electron chi connectivity index (χ0n) is 20.6. The molecule has 1 aromatic carbocycles. The summed E-state index contributed by atoms with van der Waals surface area (Å²) in [5.41, 5.74) is 2.09. The number of methoxy groups -OCH3 is 1. The number of nitrogens with one attached hydrogen (secondary N) is 1. The molecule has 1 amide bonds. The third-order valence-corrected chi connectivity index (χ3v) is 9.49. The smallest absolute Gasteiger partial charge is 0.341 e. The Bertz CT molecular complexity index is 1220. The number of anilines is 1. The van der Waals surface area contributed by atoms with E-state index in [-0.39, 0.29) is 30.3 Å². The molecule has 2 heterocycles. The Labute approximate surface area is 215 Å². The summed E-state index contributed by atoms with van der Waals surface area (Å²) in [4.78, 5) is 26.9. The highest BCUT2D eigenvalue weighted by Crippen LogP contribution is 2.38. The minimum absolute atomic E-state index is 0.0995. The van der Waals surface area contributed by atoms with Crippen LogP contribution in [0.25, 0.3) is 0 Å². The molecule has 0 saturated carbocycles. The van der Waals surface area contributed by atoms with Crippen molar-refractivity contribution in [3.05, 3.63) is 39.8 Å². The summed E-state index contributed by atoms with van der Waals surface area (Å²) >= 11 is 1.44. The topological polar surface area (TPSA) is 111 Å². The SMILES string of the molecule is CCOC(=O)c1c(NC(=O)CCc2cc(S(=O)(=O)N3CCOCC3)ccc2OC)sc2c1CCCC2. The van der Waals surface area contributed by atoms with Crippen LogP contribution in [-0.2, 0) is 43.6 Å². The number of amides is 1. The maximum atomic E-state index is 13.1. The minimum atomic E-state index is -3.67. The van der Waals surface area contributed by atoms with E-state index >= 15 is 0 Å². The van der Waals surface area contributed by atoms with Gasteiger partial charge in [0.1, 0.15) is 10.8 Å². The number of benzene rings is 1. The lowest BCUT2D eigenvalue weighted by atomic mass is 9.95. The molecule has 1 aromatic heterocycles. The first kappa shape index (κ1) is 26.6. The average Bonchev–Trinajstić information content (AvgIpc) is 3.25. The van der Waals surface area contributed by atoms with E-state index in [1.807, 2.05) is 0 Å². The quantitative estimate of drug-likeness (QED) is 0.489. The number of hydrogen-bond donors (Lipinski definition) is 1. The van der Waals surface area contributed by atoms with Gasteiger partial charge in [0.25, 0.3) is 0 Å². The van der Waals surface area contributed by atoms with Gasteiger partial charge in [-0.25, -0.2) is 13.2 Å². The number of esters is 1. The molecular weight excluding hydrogens is 504 g/mol. The van der Waals surface area contributed by atoms with E-state index in [1.54, 1.807) is 19.1 Å². The molecule has 0 atom stereocenters. The van der Waals surface area contributed by atoms with Crippen molar-refractivity contribution in [3.8, 4) is 5.75 Å². The first-order valence-corrected chi connectivity index (χ1v) is 14.5.